The average Bonchev–Trinajstić information content (AvgIpc) is 3.02. The Kier molecular flexibility index (Phi) is 3.99. The molecular formula is C15H24N4. The highest BCUT2D eigenvalue weighted by atomic mass is 15.3. The Morgan fingerprint density at radius 1 is 1.11 bits per heavy atom. The Labute approximate surface area is 115 Å². The van der Waals surface area contributed by atoms with Crippen LogP contribution in [-0.2, 0) is 6.54 Å². The monoisotopic (exact) mass is 260 g/mol. The van der Waals surface area contributed by atoms with Crippen LogP contribution in [0.3, 0.4) is 0 Å². The molecule has 2 aliphatic rings. The maximum absolute atomic E-state index is 5.61. The van der Waals surface area contributed by atoms with Crippen molar-refractivity contribution in [3.05, 3.63) is 23.9 Å². The molecule has 1 saturated carbocycles. The van der Waals surface area contributed by atoms with Crippen LogP contribution in [0.2, 0.25) is 0 Å². The molecule has 0 radical (unpaired) electrons. The van der Waals surface area contributed by atoms with Crippen LogP contribution in [0.5, 0.6) is 0 Å². The number of rotatable bonds is 3. The number of hydrogen-bond acceptors (Lipinski definition) is 4. The Morgan fingerprint density at radius 3 is 2.42 bits per heavy atom. The lowest BCUT2D eigenvalue weighted by molar-refractivity contribution is 0.187. The van der Waals surface area contributed by atoms with Crippen LogP contribution in [0.15, 0.2) is 18.3 Å². The lowest BCUT2D eigenvalue weighted by atomic mass is 10.2. The smallest absolute Gasteiger partial charge is 0.128 e. The third-order valence-corrected chi connectivity index (χ3v) is 4.52. The van der Waals surface area contributed by atoms with Crippen LogP contribution in [0.25, 0.3) is 0 Å². The minimum Gasteiger partial charge on any atom is -0.354 e. The molecule has 4 heteroatoms. The van der Waals surface area contributed by atoms with E-state index in [1.807, 2.05) is 6.20 Å². The van der Waals surface area contributed by atoms with E-state index in [2.05, 4.69) is 26.9 Å². The van der Waals surface area contributed by atoms with Crippen LogP contribution in [-0.4, -0.2) is 42.1 Å². The van der Waals surface area contributed by atoms with Gasteiger partial charge in [0, 0.05) is 45.0 Å². The minimum atomic E-state index is 0.572. The van der Waals surface area contributed by atoms with Gasteiger partial charge in [0.1, 0.15) is 5.82 Å². The van der Waals surface area contributed by atoms with Gasteiger partial charge in [0.15, 0.2) is 0 Å². The first-order valence-electron chi connectivity index (χ1n) is 7.51. The van der Waals surface area contributed by atoms with Gasteiger partial charge in [-0.1, -0.05) is 18.9 Å². The van der Waals surface area contributed by atoms with Crippen molar-refractivity contribution in [1.82, 2.24) is 9.88 Å². The predicted octanol–water partition coefficient (Wildman–Crippen LogP) is 1.60. The van der Waals surface area contributed by atoms with Crippen LogP contribution in [0.4, 0.5) is 5.82 Å². The van der Waals surface area contributed by atoms with Gasteiger partial charge in [0.25, 0.3) is 0 Å². The van der Waals surface area contributed by atoms with Crippen molar-refractivity contribution < 1.29 is 0 Å². The second-order valence-corrected chi connectivity index (χ2v) is 5.69. The highest BCUT2D eigenvalue weighted by Crippen LogP contribution is 2.25. The van der Waals surface area contributed by atoms with Gasteiger partial charge >= 0.3 is 0 Å². The van der Waals surface area contributed by atoms with E-state index in [4.69, 9.17) is 5.73 Å². The molecule has 0 atom stereocenters. The Morgan fingerprint density at radius 2 is 1.84 bits per heavy atom. The fraction of sp³-hybridized carbons (Fsp3) is 0.667. The molecule has 104 valence electrons. The molecule has 0 aromatic carbocycles. The molecule has 4 nitrogen and oxygen atoms in total. The van der Waals surface area contributed by atoms with Gasteiger partial charge in [-0.05, 0) is 24.5 Å². The van der Waals surface area contributed by atoms with Crippen molar-refractivity contribution in [2.45, 2.75) is 38.3 Å². The molecule has 2 heterocycles. The summed E-state index contributed by atoms with van der Waals surface area (Å²) in [4.78, 5) is 9.60. The third-order valence-electron chi connectivity index (χ3n) is 4.52. The molecule has 0 spiro atoms. The van der Waals surface area contributed by atoms with Gasteiger partial charge in [-0.2, -0.15) is 0 Å². The highest BCUT2D eigenvalue weighted by Gasteiger charge is 2.26. The van der Waals surface area contributed by atoms with Crippen molar-refractivity contribution in [2.24, 2.45) is 5.73 Å². The number of hydrogen-bond donors (Lipinski definition) is 1. The normalized spacial score (nSPS) is 22.1. The topological polar surface area (TPSA) is 45.4 Å². The van der Waals surface area contributed by atoms with E-state index in [1.165, 1.54) is 38.8 Å². The molecule has 0 bridgehead atoms. The summed E-state index contributed by atoms with van der Waals surface area (Å²) in [7, 11) is 0. The van der Waals surface area contributed by atoms with Crippen molar-refractivity contribution in [2.75, 3.05) is 31.1 Å². The van der Waals surface area contributed by atoms with E-state index in [0.717, 1.165) is 30.5 Å². The first kappa shape index (κ1) is 12.9. The Balaban J connectivity index is 1.56. The van der Waals surface area contributed by atoms with Gasteiger partial charge < -0.3 is 10.6 Å². The molecule has 3 rings (SSSR count). The summed E-state index contributed by atoms with van der Waals surface area (Å²) in [6, 6.07) is 5.05. The molecule has 2 N–H and O–H groups in total. The summed E-state index contributed by atoms with van der Waals surface area (Å²) >= 11 is 0. The average molecular weight is 260 g/mol. The minimum absolute atomic E-state index is 0.572. The largest absolute Gasteiger partial charge is 0.354 e. The number of nitrogens with zero attached hydrogens (tertiary/aromatic N) is 3. The summed E-state index contributed by atoms with van der Waals surface area (Å²) in [6.07, 6.45) is 7.56. The van der Waals surface area contributed by atoms with E-state index < -0.39 is 0 Å². The molecular weight excluding hydrogens is 236 g/mol. The predicted molar refractivity (Wildman–Crippen MR) is 78.2 cm³/mol. The zero-order chi connectivity index (χ0) is 13.1. The summed E-state index contributed by atoms with van der Waals surface area (Å²) in [6.45, 7) is 5.15. The molecule has 1 aliphatic heterocycles. The summed E-state index contributed by atoms with van der Waals surface area (Å²) in [5.74, 6) is 1.10. The van der Waals surface area contributed by atoms with E-state index in [-0.39, 0.29) is 0 Å². The molecule has 1 aliphatic carbocycles. The van der Waals surface area contributed by atoms with Crippen LogP contribution in [0.1, 0.15) is 31.2 Å². The lowest BCUT2D eigenvalue weighted by Gasteiger charge is -2.38. The van der Waals surface area contributed by atoms with E-state index >= 15 is 0 Å². The van der Waals surface area contributed by atoms with Gasteiger partial charge in [0.05, 0.1) is 0 Å². The number of pyridine rings is 1. The van der Waals surface area contributed by atoms with Crippen LogP contribution < -0.4 is 10.6 Å². The number of piperazine rings is 1. The Bertz CT molecular complexity index is 389. The second-order valence-electron chi connectivity index (χ2n) is 5.69. The maximum atomic E-state index is 5.61. The van der Waals surface area contributed by atoms with Gasteiger partial charge in [-0.3, -0.25) is 4.90 Å². The number of anilines is 1. The van der Waals surface area contributed by atoms with Crippen molar-refractivity contribution in [1.29, 1.82) is 0 Å². The first-order valence-corrected chi connectivity index (χ1v) is 7.51. The molecule has 19 heavy (non-hydrogen) atoms. The van der Waals surface area contributed by atoms with Gasteiger partial charge in [0.2, 0.25) is 0 Å². The van der Waals surface area contributed by atoms with Crippen LogP contribution >= 0.6 is 0 Å². The molecule has 0 amide bonds. The second kappa shape index (κ2) is 5.88. The van der Waals surface area contributed by atoms with E-state index in [0.29, 0.717) is 6.54 Å². The molecule has 1 saturated heterocycles. The van der Waals surface area contributed by atoms with E-state index in [9.17, 15) is 0 Å². The summed E-state index contributed by atoms with van der Waals surface area (Å²) in [5, 5.41) is 0. The molecule has 2 fully saturated rings. The number of nitrogens with two attached hydrogens (primary N) is 1. The maximum Gasteiger partial charge on any atom is 0.128 e. The lowest BCUT2D eigenvalue weighted by Crippen LogP contribution is -2.49. The zero-order valence-electron chi connectivity index (χ0n) is 11.6. The molecule has 1 aromatic rings. The SMILES string of the molecule is NCc1ccc(N2CCN(C3CCCC3)CC2)nc1. The standard InChI is InChI=1S/C15H24N4/c16-11-13-5-6-15(17-12-13)19-9-7-18(8-10-19)14-3-1-2-4-14/h5-6,12,14H,1-4,7-11,16H2. The number of aromatic nitrogens is 1. The van der Waals surface area contributed by atoms with Crippen molar-refractivity contribution in [3.8, 4) is 0 Å². The summed E-state index contributed by atoms with van der Waals surface area (Å²) < 4.78 is 0. The van der Waals surface area contributed by atoms with Crippen LogP contribution in [0, 0.1) is 0 Å². The highest BCUT2D eigenvalue weighted by molar-refractivity contribution is 5.39. The van der Waals surface area contributed by atoms with Gasteiger partial charge in [-0.25, -0.2) is 4.98 Å². The van der Waals surface area contributed by atoms with Crippen molar-refractivity contribution in [3.63, 3.8) is 0 Å². The molecule has 0 unspecified atom stereocenters. The third kappa shape index (κ3) is 2.90. The first-order chi connectivity index (χ1) is 9.36. The quantitative estimate of drug-likeness (QED) is 0.897. The van der Waals surface area contributed by atoms with Crippen molar-refractivity contribution >= 4 is 5.82 Å². The fourth-order valence-electron chi connectivity index (χ4n) is 3.31. The van der Waals surface area contributed by atoms with E-state index in [1.54, 1.807) is 0 Å². The zero-order valence-corrected chi connectivity index (χ0v) is 11.6. The molecule has 1 aromatic heterocycles. The fourth-order valence-corrected chi connectivity index (χ4v) is 3.31. The summed E-state index contributed by atoms with van der Waals surface area (Å²) in [5.41, 5.74) is 6.71. The van der Waals surface area contributed by atoms with Gasteiger partial charge in [-0.15, -0.1) is 0 Å². The Hall–Kier alpha value is -1.13.